The van der Waals surface area contributed by atoms with E-state index in [1.165, 1.54) is 0 Å². The average molecular weight is 425 g/mol. The number of H-pyrrole nitrogens is 1. The second kappa shape index (κ2) is 8.81. The molecule has 31 heavy (non-hydrogen) atoms. The third kappa shape index (κ3) is 4.56. The molecule has 0 unspecified atom stereocenters. The lowest BCUT2D eigenvalue weighted by molar-refractivity contribution is 0.0301. The number of carbonyl (C=O) groups excluding carboxylic acids is 1. The van der Waals surface area contributed by atoms with E-state index in [1.807, 2.05) is 45.0 Å². The molecule has 9 heteroatoms. The van der Waals surface area contributed by atoms with Gasteiger partial charge in [0.25, 0.3) is 5.91 Å². The number of nitrogens with one attached hydrogen (secondary N) is 2. The molecule has 3 heterocycles. The summed E-state index contributed by atoms with van der Waals surface area (Å²) >= 11 is 0. The number of aromatic nitrogens is 3. The van der Waals surface area contributed by atoms with Crippen LogP contribution in [0.25, 0.3) is 10.8 Å². The number of morpholine rings is 1. The van der Waals surface area contributed by atoms with Crippen LogP contribution in [0.4, 0.5) is 11.6 Å². The van der Waals surface area contributed by atoms with Gasteiger partial charge in [-0.05, 0) is 44.4 Å². The first kappa shape index (κ1) is 20.9. The maximum Gasteiger partial charge on any atom is 0.257 e. The quantitative estimate of drug-likeness (QED) is 0.625. The van der Waals surface area contributed by atoms with E-state index in [0.29, 0.717) is 55.1 Å². The number of anilines is 2. The van der Waals surface area contributed by atoms with Crippen LogP contribution in [0.3, 0.4) is 0 Å². The standard InChI is InChI=1S/C22H27N5O4/c1-13(2)31-21-16-12-18(29-4)17(22(28)27-5-7-30-8-6-27)10-15(16)11-19(24-21)23-20-9-14(3)25-26-20/h9-13H,5-8H2,1-4H3,(H2,23,24,25,26). The molecule has 1 fully saturated rings. The van der Waals surface area contributed by atoms with Gasteiger partial charge in [0.1, 0.15) is 11.6 Å². The van der Waals surface area contributed by atoms with E-state index in [2.05, 4.69) is 20.5 Å². The minimum atomic E-state index is -0.0809. The zero-order valence-electron chi connectivity index (χ0n) is 18.2. The monoisotopic (exact) mass is 425 g/mol. The molecule has 1 saturated heterocycles. The molecule has 0 atom stereocenters. The highest BCUT2D eigenvalue weighted by Gasteiger charge is 2.23. The fourth-order valence-electron chi connectivity index (χ4n) is 3.51. The first-order chi connectivity index (χ1) is 14.9. The second-order valence-electron chi connectivity index (χ2n) is 7.72. The van der Waals surface area contributed by atoms with E-state index in [4.69, 9.17) is 14.2 Å². The van der Waals surface area contributed by atoms with E-state index in [1.54, 1.807) is 12.0 Å². The van der Waals surface area contributed by atoms with Gasteiger partial charge in [-0.1, -0.05) is 0 Å². The maximum atomic E-state index is 13.2. The summed E-state index contributed by atoms with van der Waals surface area (Å²) in [5, 5.41) is 11.9. The highest BCUT2D eigenvalue weighted by Crippen LogP contribution is 2.34. The van der Waals surface area contributed by atoms with Crippen LogP contribution >= 0.6 is 0 Å². The van der Waals surface area contributed by atoms with Crippen LogP contribution in [0.2, 0.25) is 0 Å². The number of hydrogen-bond donors (Lipinski definition) is 2. The molecular weight excluding hydrogens is 398 g/mol. The minimum Gasteiger partial charge on any atom is -0.496 e. The molecular formula is C22H27N5O4. The fourth-order valence-corrected chi connectivity index (χ4v) is 3.51. The molecule has 4 rings (SSSR count). The number of carbonyl (C=O) groups is 1. The van der Waals surface area contributed by atoms with Gasteiger partial charge in [-0.25, -0.2) is 0 Å². The van der Waals surface area contributed by atoms with Gasteiger partial charge in [-0.15, -0.1) is 0 Å². The molecule has 2 aromatic heterocycles. The van der Waals surface area contributed by atoms with Crippen molar-refractivity contribution in [3.05, 3.63) is 35.5 Å². The Hall–Kier alpha value is -3.33. The van der Waals surface area contributed by atoms with Crippen molar-refractivity contribution in [1.29, 1.82) is 0 Å². The van der Waals surface area contributed by atoms with Gasteiger partial charge in [-0.2, -0.15) is 10.1 Å². The summed E-state index contributed by atoms with van der Waals surface area (Å²) < 4.78 is 16.9. The molecule has 1 aliphatic rings. The third-order valence-electron chi connectivity index (χ3n) is 4.95. The van der Waals surface area contributed by atoms with Crippen molar-refractivity contribution in [2.45, 2.75) is 26.9 Å². The number of rotatable bonds is 6. The van der Waals surface area contributed by atoms with Crippen molar-refractivity contribution in [2.75, 3.05) is 38.7 Å². The lowest BCUT2D eigenvalue weighted by Gasteiger charge is -2.27. The van der Waals surface area contributed by atoms with Gasteiger partial charge in [-0.3, -0.25) is 9.89 Å². The van der Waals surface area contributed by atoms with Crippen LogP contribution in [0.5, 0.6) is 11.6 Å². The summed E-state index contributed by atoms with van der Waals surface area (Å²) in [6, 6.07) is 7.41. The molecule has 1 amide bonds. The Balaban J connectivity index is 1.79. The number of benzene rings is 1. The number of ether oxygens (including phenoxy) is 3. The van der Waals surface area contributed by atoms with E-state index >= 15 is 0 Å². The number of aromatic amines is 1. The summed E-state index contributed by atoms with van der Waals surface area (Å²) in [5.74, 6) is 2.10. The summed E-state index contributed by atoms with van der Waals surface area (Å²) in [6.45, 7) is 8.00. The molecule has 1 aliphatic heterocycles. The number of pyridine rings is 1. The minimum absolute atomic E-state index is 0.0702. The summed E-state index contributed by atoms with van der Waals surface area (Å²) in [6.07, 6.45) is -0.0702. The molecule has 0 spiro atoms. The Morgan fingerprint density at radius 2 is 1.97 bits per heavy atom. The number of aryl methyl sites for hydroxylation is 1. The van der Waals surface area contributed by atoms with Crippen molar-refractivity contribution < 1.29 is 19.0 Å². The van der Waals surface area contributed by atoms with Crippen molar-refractivity contribution in [2.24, 2.45) is 0 Å². The smallest absolute Gasteiger partial charge is 0.257 e. The fraction of sp³-hybridized carbons (Fsp3) is 0.409. The summed E-state index contributed by atoms with van der Waals surface area (Å²) in [7, 11) is 1.56. The third-order valence-corrected chi connectivity index (χ3v) is 4.95. The highest BCUT2D eigenvalue weighted by molar-refractivity contribution is 6.03. The predicted octanol–water partition coefficient (Wildman–Crippen LogP) is 3.28. The van der Waals surface area contributed by atoms with Crippen molar-refractivity contribution >= 4 is 28.3 Å². The molecule has 3 aromatic rings. The second-order valence-corrected chi connectivity index (χ2v) is 7.72. The molecule has 0 radical (unpaired) electrons. The molecule has 0 bridgehead atoms. The number of amides is 1. The van der Waals surface area contributed by atoms with Crippen LogP contribution in [0, 0.1) is 6.92 Å². The Kier molecular flexibility index (Phi) is 5.94. The normalized spacial score (nSPS) is 14.2. The molecule has 9 nitrogen and oxygen atoms in total. The topological polar surface area (TPSA) is 102 Å². The number of hydrogen-bond acceptors (Lipinski definition) is 7. The average Bonchev–Trinajstić information content (AvgIpc) is 3.17. The molecule has 2 N–H and O–H groups in total. The van der Waals surface area contributed by atoms with E-state index in [9.17, 15) is 4.79 Å². The number of methoxy groups -OCH3 is 1. The van der Waals surface area contributed by atoms with E-state index < -0.39 is 0 Å². The Bertz CT molecular complexity index is 1090. The van der Waals surface area contributed by atoms with Gasteiger partial charge in [0.05, 0.1) is 32.0 Å². The van der Waals surface area contributed by atoms with Crippen LogP contribution in [-0.2, 0) is 4.74 Å². The lowest BCUT2D eigenvalue weighted by Crippen LogP contribution is -2.40. The van der Waals surface area contributed by atoms with Gasteiger partial charge in [0.2, 0.25) is 5.88 Å². The SMILES string of the molecule is COc1cc2c(OC(C)C)nc(Nc3cc(C)[nH]n3)cc2cc1C(=O)N1CCOCC1. The van der Waals surface area contributed by atoms with Gasteiger partial charge < -0.3 is 24.4 Å². The zero-order valence-corrected chi connectivity index (χ0v) is 18.2. The van der Waals surface area contributed by atoms with Crippen LogP contribution in [0.15, 0.2) is 24.3 Å². The van der Waals surface area contributed by atoms with Crippen molar-refractivity contribution in [3.8, 4) is 11.6 Å². The summed E-state index contributed by atoms with van der Waals surface area (Å²) in [5.41, 5.74) is 1.44. The number of nitrogens with zero attached hydrogens (tertiary/aromatic N) is 3. The first-order valence-electron chi connectivity index (χ1n) is 10.3. The van der Waals surface area contributed by atoms with Crippen LogP contribution in [0.1, 0.15) is 29.9 Å². The predicted molar refractivity (Wildman–Crippen MR) is 117 cm³/mol. The molecule has 1 aromatic carbocycles. The van der Waals surface area contributed by atoms with Crippen molar-refractivity contribution in [3.63, 3.8) is 0 Å². The Labute approximate surface area is 180 Å². The Morgan fingerprint density at radius 1 is 1.19 bits per heavy atom. The van der Waals surface area contributed by atoms with Gasteiger partial charge in [0.15, 0.2) is 5.82 Å². The van der Waals surface area contributed by atoms with Crippen LogP contribution < -0.4 is 14.8 Å². The largest absolute Gasteiger partial charge is 0.496 e. The zero-order chi connectivity index (χ0) is 22.0. The maximum absolute atomic E-state index is 13.2. The van der Waals surface area contributed by atoms with Gasteiger partial charge >= 0.3 is 0 Å². The van der Waals surface area contributed by atoms with Gasteiger partial charge in [0, 0.05) is 30.2 Å². The molecule has 0 saturated carbocycles. The first-order valence-corrected chi connectivity index (χ1v) is 10.3. The lowest BCUT2D eigenvalue weighted by atomic mass is 10.1. The van der Waals surface area contributed by atoms with E-state index in [-0.39, 0.29) is 12.0 Å². The van der Waals surface area contributed by atoms with Crippen molar-refractivity contribution in [1.82, 2.24) is 20.1 Å². The summed E-state index contributed by atoms with van der Waals surface area (Å²) in [4.78, 5) is 19.6. The molecule has 0 aliphatic carbocycles. The van der Waals surface area contributed by atoms with E-state index in [0.717, 1.165) is 16.5 Å². The number of fused-ring (bicyclic) bond motifs is 1. The Morgan fingerprint density at radius 3 is 2.61 bits per heavy atom. The molecule has 164 valence electrons. The van der Waals surface area contributed by atoms with Crippen LogP contribution in [-0.4, -0.2) is 65.5 Å². The highest BCUT2D eigenvalue weighted by atomic mass is 16.5.